The fourth-order valence-electron chi connectivity index (χ4n) is 2.98. The maximum Gasteiger partial charge on any atom is 0.401 e. The third-order valence-electron chi connectivity index (χ3n) is 4.30. The van der Waals surface area contributed by atoms with Crippen LogP contribution in [-0.4, -0.2) is 95.1 Å². The first kappa shape index (κ1) is 26.7. The van der Waals surface area contributed by atoms with Gasteiger partial charge in [0.1, 0.15) is 0 Å². The topological polar surface area (TPSA) is 52.1 Å². The lowest BCUT2D eigenvalue weighted by atomic mass is 10.1. The van der Waals surface area contributed by atoms with Crippen molar-refractivity contribution in [1.82, 2.24) is 20.4 Å². The summed E-state index contributed by atoms with van der Waals surface area (Å²) < 4.78 is 42.4. The summed E-state index contributed by atoms with van der Waals surface area (Å²) >= 11 is 0. The van der Waals surface area contributed by atoms with E-state index in [0.717, 1.165) is 51.6 Å². The Bertz CT molecular complexity index is 413. The molecule has 1 atom stereocenters. The summed E-state index contributed by atoms with van der Waals surface area (Å²) in [6.45, 7) is 6.82. The fourth-order valence-corrected chi connectivity index (χ4v) is 2.98. The number of nitrogens with zero attached hydrogens (tertiary/aromatic N) is 3. The summed E-state index contributed by atoms with van der Waals surface area (Å²) in [6.07, 6.45) is -2.36. The third kappa shape index (κ3) is 13.5. The number of alkyl halides is 3. The second kappa shape index (κ2) is 14.6. The largest absolute Gasteiger partial charge is 0.401 e. The molecule has 162 valence electrons. The van der Waals surface area contributed by atoms with Crippen LogP contribution in [0.1, 0.15) is 19.8 Å². The number of methoxy groups -OCH3 is 1. The second-order valence-corrected chi connectivity index (χ2v) is 6.80. The van der Waals surface area contributed by atoms with Crippen molar-refractivity contribution in [2.24, 2.45) is 10.9 Å². The van der Waals surface area contributed by atoms with Crippen LogP contribution in [0, 0.1) is 5.92 Å². The van der Waals surface area contributed by atoms with Gasteiger partial charge in [-0.05, 0) is 39.3 Å². The molecule has 0 saturated carbocycles. The van der Waals surface area contributed by atoms with Crippen LogP contribution in [-0.2, 0) is 4.74 Å². The molecule has 0 amide bonds. The predicted molar refractivity (Wildman–Crippen MR) is 114 cm³/mol. The van der Waals surface area contributed by atoms with Gasteiger partial charge < -0.3 is 20.3 Å². The minimum absolute atomic E-state index is 0. The lowest BCUT2D eigenvalue weighted by Gasteiger charge is -2.19. The average Bonchev–Trinajstić information content (AvgIpc) is 2.98. The summed E-state index contributed by atoms with van der Waals surface area (Å²) in [4.78, 5) is 8.24. The monoisotopic (exact) mass is 509 g/mol. The van der Waals surface area contributed by atoms with Crippen molar-refractivity contribution in [2.45, 2.75) is 25.9 Å². The van der Waals surface area contributed by atoms with Crippen LogP contribution in [0.2, 0.25) is 0 Å². The minimum atomic E-state index is -4.12. The van der Waals surface area contributed by atoms with Crippen LogP contribution in [0.4, 0.5) is 13.2 Å². The molecule has 0 radical (unpaired) electrons. The molecule has 0 aromatic heterocycles. The molecule has 0 aliphatic carbocycles. The van der Waals surface area contributed by atoms with Gasteiger partial charge in [-0.2, -0.15) is 13.2 Å². The van der Waals surface area contributed by atoms with Gasteiger partial charge in [-0.1, -0.05) is 0 Å². The zero-order chi connectivity index (χ0) is 19.4. The van der Waals surface area contributed by atoms with Crippen LogP contribution in [0.5, 0.6) is 0 Å². The number of nitrogens with one attached hydrogen (secondary N) is 2. The van der Waals surface area contributed by atoms with E-state index < -0.39 is 12.7 Å². The first-order chi connectivity index (χ1) is 12.3. The third-order valence-corrected chi connectivity index (χ3v) is 4.30. The van der Waals surface area contributed by atoms with Gasteiger partial charge >= 0.3 is 6.18 Å². The Balaban J connectivity index is 0.00000676. The fraction of sp³-hybridized carbons (Fsp3) is 0.941. The van der Waals surface area contributed by atoms with Crippen molar-refractivity contribution < 1.29 is 17.9 Å². The molecule has 2 N–H and O–H groups in total. The highest BCUT2D eigenvalue weighted by atomic mass is 127. The molecule has 0 spiro atoms. The van der Waals surface area contributed by atoms with E-state index in [1.807, 2.05) is 6.92 Å². The van der Waals surface area contributed by atoms with Gasteiger partial charge in [0.05, 0.1) is 6.54 Å². The molecular formula is C17H35F3IN5O. The predicted octanol–water partition coefficient (Wildman–Crippen LogP) is 2.01. The first-order valence-corrected chi connectivity index (χ1v) is 9.32. The Hall–Kier alpha value is -0.330. The number of rotatable bonds is 11. The van der Waals surface area contributed by atoms with Crippen molar-refractivity contribution in [1.29, 1.82) is 0 Å². The number of hydrogen-bond acceptors (Lipinski definition) is 4. The average molecular weight is 509 g/mol. The van der Waals surface area contributed by atoms with E-state index in [2.05, 4.69) is 27.6 Å². The molecule has 0 bridgehead atoms. The minimum Gasteiger partial charge on any atom is -0.385 e. The number of likely N-dealkylation sites (N-methyl/N-ethyl adjacent to an activating group) is 1. The Kier molecular flexibility index (Phi) is 14.5. The quantitative estimate of drug-likeness (QED) is 0.193. The standard InChI is InChI=1S/C17H34F3N5O.HI/c1-4-21-16(22-7-10-24(2)8-5-11-26-3)23-12-15-6-9-25(13-15)14-17(18,19)20;/h15H,4-14H2,1-3H3,(H2,21,22,23);1H. The van der Waals surface area contributed by atoms with Crippen LogP contribution in [0.15, 0.2) is 4.99 Å². The molecule has 0 aromatic rings. The van der Waals surface area contributed by atoms with Crippen molar-refractivity contribution in [2.75, 3.05) is 73.1 Å². The summed E-state index contributed by atoms with van der Waals surface area (Å²) in [5.74, 6) is 0.914. The SMILES string of the molecule is CCNC(=NCC1CCN(CC(F)(F)F)C1)NCCN(C)CCCOC.I. The first-order valence-electron chi connectivity index (χ1n) is 9.32. The van der Waals surface area contributed by atoms with Crippen molar-refractivity contribution in [3.8, 4) is 0 Å². The van der Waals surface area contributed by atoms with E-state index in [4.69, 9.17) is 4.74 Å². The highest BCUT2D eigenvalue weighted by molar-refractivity contribution is 14.0. The normalized spacial score (nSPS) is 18.6. The van der Waals surface area contributed by atoms with Gasteiger partial charge in [-0.15, -0.1) is 24.0 Å². The van der Waals surface area contributed by atoms with Gasteiger partial charge in [-0.3, -0.25) is 9.89 Å². The number of guanidine groups is 1. The lowest BCUT2D eigenvalue weighted by Crippen LogP contribution is -2.41. The molecule has 1 rings (SSSR count). The smallest absolute Gasteiger partial charge is 0.385 e. The summed E-state index contributed by atoms with van der Waals surface area (Å²) in [7, 11) is 3.77. The summed E-state index contributed by atoms with van der Waals surface area (Å²) in [5, 5.41) is 6.48. The Labute approximate surface area is 178 Å². The molecule has 27 heavy (non-hydrogen) atoms. The number of halogens is 4. The highest BCUT2D eigenvalue weighted by Gasteiger charge is 2.34. The maximum atomic E-state index is 12.5. The Morgan fingerprint density at radius 3 is 2.67 bits per heavy atom. The van der Waals surface area contributed by atoms with Crippen molar-refractivity contribution >= 4 is 29.9 Å². The second-order valence-electron chi connectivity index (χ2n) is 6.80. The molecule has 1 fully saturated rings. The molecular weight excluding hydrogens is 474 g/mol. The van der Waals surface area contributed by atoms with Crippen LogP contribution >= 0.6 is 24.0 Å². The molecule has 0 aromatic carbocycles. The summed E-state index contributed by atoms with van der Waals surface area (Å²) in [5.41, 5.74) is 0. The van der Waals surface area contributed by atoms with Crippen LogP contribution in [0.25, 0.3) is 0 Å². The lowest BCUT2D eigenvalue weighted by molar-refractivity contribution is -0.143. The molecule has 1 saturated heterocycles. The highest BCUT2D eigenvalue weighted by Crippen LogP contribution is 2.22. The van der Waals surface area contributed by atoms with E-state index in [-0.39, 0.29) is 29.9 Å². The van der Waals surface area contributed by atoms with E-state index in [9.17, 15) is 13.2 Å². The molecule has 1 unspecified atom stereocenters. The molecule has 1 aliphatic rings. The van der Waals surface area contributed by atoms with E-state index in [1.54, 1.807) is 7.11 Å². The number of aliphatic imine (C=N–C) groups is 1. The zero-order valence-corrected chi connectivity index (χ0v) is 19.0. The molecule has 1 aliphatic heterocycles. The molecule has 1 heterocycles. The van der Waals surface area contributed by atoms with E-state index >= 15 is 0 Å². The number of ether oxygens (including phenoxy) is 1. The number of hydrogen-bond donors (Lipinski definition) is 2. The zero-order valence-electron chi connectivity index (χ0n) is 16.6. The van der Waals surface area contributed by atoms with Gasteiger partial charge in [0.25, 0.3) is 0 Å². The van der Waals surface area contributed by atoms with Gasteiger partial charge in [0, 0.05) is 53.0 Å². The number of likely N-dealkylation sites (tertiary alicyclic amines) is 1. The van der Waals surface area contributed by atoms with Gasteiger partial charge in [-0.25, -0.2) is 0 Å². The Morgan fingerprint density at radius 1 is 1.30 bits per heavy atom. The maximum absolute atomic E-state index is 12.5. The van der Waals surface area contributed by atoms with Gasteiger partial charge in [0.2, 0.25) is 0 Å². The van der Waals surface area contributed by atoms with Crippen molar-refractivity contribution in [3.63, 3.8) is 0 Å². The van der Waals surface area contributed by atoms with Gasteiger partial charge in [0.15, 0.2) is 5.96 Å². The Morgan fingerprint density at radius 2 is 2.04 bits per heavy atom. The molecule has 10 heteroatoms. The van der Waals surface area contributed by atoms with Crippen molar-refractivity contribution in [3.05, 3.63) is 0 Å². The van der Waals surface area contributed by atoms with E-state index in [0.29, 0.717) is 19.6 Å². The van der Waals surface area contributed by atoms with E-state index in [1.165, 1.54) is 4.90 Å². The summed E-state index contributed by atoms with van der Waals surface area (Å²) in [6, 6.07) is 0. The van der Waals surface area contributed by atoms with Crippen LogP contribution in [0.3, 0.4) is 0 Å². The molecule has 6 nitrogen and oxygen atoms in total. The van der Waals surface area contributed by atoms with Crippen LogP contribution < -0.4 is 10.6 Å².